The zero-order valence-electron chi connectivity index (χ0n) is 7.79. The summed E-state index contributed by atoms with van der Waals surface area (Å²) in [6.45, 7) is 6.43. The second-order valence-corrected chi connectivity index (χ2v) is 3.55. The second kappa shape index (κ2) is 2.60. The quantitative estimate of drug-likeness (QED) is 0.578. The molecule has 64 valence electrons. The van der Waals surface area contributed by atoms with Crippen LogP contribution in [0.25, 0.3) is 0 Å². The topological polar surface area (TPSA) is 12.5 Å². The largest absolute Gasteiger partial charge is 0.365 e. The number of benzene rings is 1. The Hall–Kier alpha value is -0.820. The molecule has 0 aliphatic carbocycles. The third-order valence-corrected chi connectivity index (χ3v) is 2.66. The van der Waals surface area contributed by atoms with Crippen LogP contribution in [0.15, 0.2) is 18.2 Å². The number of hydrogen-bond acceptors (Lipinski definition) is 1. The molecule has 1 aromatic carbocycles. The van der Waals surface area contributed by atoms with E-state index < -0.39 is 0 Å². The zero-order valence-corrected chi connectivity index (χ0v) is 7.79. The van der Waals surface area contributed by atoms with E-state index in [2.05, 4.69) is 39.0 Å². The Morgan fingerprint density at radius 3 is 2.50 bits per heavy atom. The molecule has 0 spiro atoms. The summed E-state index contributed by atoms with van der Waals surface area (Å²) in [6.07, 6.45) is 0.787. The molecule has 1 aliphatic rings. The third kappa shape index (κ3) is 1.14. The maximum absolute atomic E-state index is 5.44. The Labute approximate surface area is 73.4 Å². The van der Waals surface area contributed by atoms with E-state index in [9.17, 15) is 0 Å². The van der Waals surface area contributed by atoms with Gasteiger partial charge in [-0.15, -0.1) is 0 Å². The van der Waals surface area contributed by atoms with Gasteiger partial charge in [0.2, 0.25) is 0 Å². The molecule has 0 saturated carbocycles. The molecule has 1 nitrogen and oxygen atoms in total. The summed E-state index contributed by atoms with van der Waals surface area (Å²) in [6, 6.07) is 6.41. The van der Waals surface area contributed by atoms with Crippen LogP contribution in [-0.4, -0.2) is 6.10 Å². The van der Waals surface area contributed by atoms with Gasteiger partial charge in [0.15, 0.2) is 0 Å². The lowest BCUT2D eigenvalue weighted by atomic mass is 10.00. The van der Waals surface area contributed by atoms with Crippen LogP contribution in [-0.2, 0) is 4.74 Å². The van der Waals surface area contributed by atoms with Crippen LogP contribution in [0, 0.1) is 13.8 Å². The maximum Gasteiger partial charge on any atom is 0.109 e. The van der Waals surface area contributed by atoms with Crippen molar-refractivity contribution in [3.8, 4) is 0 Å². The first-order valence-corrected chi connectivity index (χ1v) is 4.41. The molecule has 0 radical (unpaired) electrons. The normalized spacial score (nSPS) is 27.2. The van der Waals surface area contributed by atoms with Crippen molar-refractivity contribution in [2.75, 3.05) is 0 Å². The van der Waals surface area contributed by atoms with Crippen molar-refractivity contribution in [1.29, 1.82) is 0 Å². The van der Waals surface area contributed by atoms with Crippen molar-refractivity contribution in [3.63, 3.8) is 0 Å². The van der Waals surface area contributed by atoms with Crippen LogP contribution in [0.2, 0.25) is 0 Å². The highest BCUT2D eigenvalue weighted by Gasteiger charge is 2.36. The van der Waals surface area contributed by atoms with E-state index >= 15 is 0 Å². The molecule has 1 fully saturated rings. The summed E-state index contributed by atoms with van der Waals surface area (Å²) < 4.78 is 5.44. The van der Waals surface area contributed by atoms with Crippen molar-refractivity contribution in [2.24, 2.45) is 0 Å². The molecular weight excluding hydrogens is 148 g/mol. The third-order valence-electron chi connectivity index (χ3n) is 2.66. The Kier molecular flexibility index (Phi) is 1.69. The van der Waals surface area contributed by atoms with E-state index in [-0.39, 0.29) is 0 Å². The van der Waals surface area contributed by atoms with Gasteiger partial charge in [0, 0.05) is 0 Å². The number of aryl methyl sites for hydroxylation is 1. The molecule has 0 unspecified atom stereocenters. The highest BCUT2D eigenvalue weighted by Crippen LogP contribution is 2.39. The predicted octanol–water partition coefficient (Wildman–Crippen LogP) is 2.76. The van der Waals surface area contributed by atoms with E-state index in [0.717, 1.165) is 0 Å². The fraction of sp³-hybridized carbons (Fsp3) is 0.455. The van der Waals surface area contributed by atoms with Crippen LogP contribution < -0.4 is 0 Å². The number of hydrogen-bond donors (Lipinski definition) is 0. The molecule has 1 heteroatoms. The summed E-state index contributed by atoms with van der Waals surface area (Å²) in [5, 5.41) is 0. The summed E-state index contributed by atoms with van der Waals surface area (Å²) in [7, 11) is 0. The molecule has 2 rings (SSSR count). The average molecular weight is 162 g/mol. The fourth-order valence-electron chi connectivity index (χ4n) is 1.59. The summed E-state index contributed by atoms with van der Waals surface area (Å²) in [5.74, 6) is 0. The minimum atomic E-state index is 0.366. The molecule has 0 amide bonds. The smallest absolute Gasteiger partial charge is 0.109 e. The standard InChI is InChI=1S/C11H14O/c1-7-5-4-6-10(8(7)2)11-9(3)12-11/h4-6,9,11H,1-3H3/t9-,11-/m0/s1. The van der Waals surface area contributed by atoms with Gasteiger partial charge in [0.05, 0.1) is 6.10 Å². The van der Waals surface area contributed by atoms with Crippen LogP contribution in [0.5, 0.6) is 0 Å². The van der Waals surface area contributed by atoms with Crippen molar-refractivity contribution >= 4 is 0 Å². The van der Waals surface area contributed by atoms with Gasteiger partial charge in [0.1, 0.15) is 6.10 Å². The highest BCUT2D eigenvalue weighted by atomic mass is 16.6. The van der Waals surface area contributed by atoms with Gasteiger partial charge in [-0.05, 0) is 37.5 Å². The SMILES string of the molecule is Cc1cccc([C@H]2O[C@H]2C)c1C. The molecule has 12 heavy (non-hydrogen) atoms. The van der Waals surface area contributed by atoms with E-state index in [1.54, 1.807) is 0 Å². The van der Waals surface area contributed by atoms with Crippen molar-refractivity contribution in [3.05, 3.63) is 34.9 Å². The number of epoxide rings is 1. The first-order valence-electron chi connectivity index (χ1n) is 4.41. The van der Waals surface area contributed by atoms with E-state index in [1.807, 2.05) is 0 Å². The lowest BCUT2D eigenvalue weighted by Crippen LogP contribution is -1.91. The summed E-state index contributed by atoms with van der Waals surface area (Å²) in [5.41, 5.74) is 4.10. The highest BCUT2D eigenvalue weighted by molar-refractivity contribution is 5.36. The van der Waals surface area contributed by atoms with Gasteiger partial charge in [-0.1, -0.05) is 18.2 Å². The average Bonchev–Trinajstić information content (AvgIpc) is 2.73. The maximum atomic E-state index is 5.44. The molecule has 1 aromatic rings. The minimum absolute atomic E-state index is 0.366. The van der Waals surface area contributed by atoms with Crippen molar-refractivity contribution < 1.29 is 4.74 Å². The Balaban J connectivity index is 2.38. The van der Waals surface area contributed by atoms with E-state index in [1.165, 1.54) is 16.7 Å². The van der Waals surface area contributed by atoms with Gasteiger partial charge in [-0.25, -0.2) is 0 Å². The number of ether oxygens (including phenoxy) is 1. The molecule has 1 aliphatic heterocycles. The fourth-order valence-corrected chi connectivity index (χ4v) is 1.59. The van der Waals surface area contributed by atoms with Gasteiger partial charge < -0.3 is 4.74 Å². The van der Waals surface area contributed by atoms with E-state index in [0.29, 0.717) is 12.2 Å². The Morgan fingerprint density at radius 2 is 1.92 bits per heavy atom. The Bertz CT molecular complexity index is 304. The molecule has 0 N–H and O–H groups in total. The van der Waals surface area contributed by atoms with Gasteiger partial charge in [-0.2, -0.15) is 0 Å². The van der Waals surface area contributed by atoms with Crippen molar-refractivity contribution in [2.45, 2.75) is 33.0 Å². The molecule has 2 atom stereocenters. The second-order valence-electron chi connectivity index (χ2n) is 3.55. The number of rotatable bonds is 1. The zero-order chi connectivity index (χ0) is 8.72. The summed E-state index contributed by atoms with van der Waals surface area (Å²) >= 11 is 0. The van der Waals surface area contributed by atoms with Crippen LogP contribution >= 0.6 is 0 Å². The minimum Gasteiger partial charge on any atom is -0.365 e. The lowest BCUT2D eigenvalue weighted by Gasteiger charge is -2.04. The summed E-state index contributed by atoms with van der Waals surface area (Å²) in [4.78, 5) is 0. The first-order chi connectivity index (χ1) is 5.70. The monoisotopic (exact) mass is 162 g/mol. The molecule has 0 aromatic heterocycles. The molecular formula is C11H14O. The van der Waals surface area contributed by atoms with Crippen LogP contribution in [0.1, 0.15) is 29.7 Å². The van der Waals surface area contributed by atoms with Gasteiger partial charge >= 0.3 is 0 Å². The van der Waals surface area contributed by atoms with Gasteiger partial charge in [0.25, 0.3) is 0 Å². The first kappa shape index (κ1) is 7.81. The predicted molar refractivity (Wildman–Crippen MR) is 49.2 cm³/mol. The van der Waals surface area contributed by atoms with Crippen LogP contribution in [0.3, 0.4) is 0 Å². The van der Waals surface area contributed by atoms with Gasteiger partial charge in [-0.3, -0.25) is 0 Å². The molecule has 1 heterocycles. The van der Waals surface area contributed by atoms with Crippen molar-refractivity contribution in [1.82, 2.24) is 0 Å². The van der Waals surface area contributed by atoms with Crippen LogP contribution in [0.4, 0.5) is 0 Å². The molecule has 1 saturated heterocycles. The van der Waals surface area contributed by atoms with E-state index in [4.69, 9.17) is 4.74 Å². The lowest BCUT2D eigenvalue weighted by molar-refractivity contribution is 0.382. The Morgan fingerprint density at radius 1 is 1.25 bits per heavy atom. The molecule has 0 bridgehead atoms.